The first-order chi connectivity index (χ1) is 3.80. The predicted octanol–water partition coefficient (Wildman–Crippen LogP) is 1.22. The first-order valence-electron chi connectivity index (χ1n) is 2.31. The molecule has 1 aliphatic carbocycles. The van der Waals surface area contributed by atoms with Gasteiger partial charge in [-0.15, -0.1) is 0 Å². The highest BCUT2D eigenvalue weighted by Gasteiger charge is 2.23. The molecule has 0 saturated heterocycles. The van der Waals surface area contributed by atoms with Crippen molar-refractivity contribution in [2.24, 2.45) is 0 Å². The molecule has 0 fully saturated rings. The third kappa shape index (κ3) is 1.03. The van der Waals surface area contributed by atoms with Crippen LogP contribution in [0.25, 0.3) is 0 Å². The van der Waals surface area contributed by atoms with Crippen LogP contribution in [0.3, 0.4) is 0 Å². The molecule has 0 amide bonds. The smallest absolute Gasteiger partial charge is 0.160 e. The van der Waals surface area contributed by atoms with Crippen LogP contribution in [-0.2, 0) is 4.57 Å². The highest BCUT2D eigenvalue weighted by molar-refractivity contribution is 7.39. The molecule has 1 atom stereocenters. The lowest BCUT2D eigenvalue weighted by atomic mass is 10.5. The summed E-state index contributed by atoms with van der Waals surface area (Å²) in [5.74, 6) is 0. The van der Waals surface area contributed by atoms with Gasteiger partial charge >= 0.3 is 8.03 Å². The molecule has 0 aliphatic heterocycles. The van der Waals surface area contributed by atoms with Crippen molar-refractivity contribution in [1.29, 1.82) is 0 Å². The van der Waals surface area contributed by atoms with E-state index in [9.17, 15) is 4.57 Å². The zero-order chi connectivity index (χ0) is 5.98. The van der Waals surface area contributed by atoms with Crippen molar-refractivity contribution in [2.75, 3.05) is 0 Å². The largest absolute Gasteiger partial charge is 0.517 e. The SMILES string of the molecule is O=[P+](O)C1C=CC=C1. The Morgan fingerprint density at radius 3 is 2.12 bits per heavy atom. The summed E-state index contributed by atoms with van der Waals surface area (Å²) in [6.07, 6.45) is 6.96. The summed E-state index contributed by atoms with van der Waals surface area (Å²) in [6.45, 7) is 0. The minimum absolute atomic E-state index is 0.231. The summed E-state index contributed by atoms with van der Waals surface area (Å²) in [5.41, 5.74) is -0.231. The third-order valence-corrected chi connectivity index (χ3v) is 1.84. The fraction of sp³-hybridized carbons (Fsp3) is 0.200. The molecule has 3 heteroatoms. The Hall–Kier alpha value is -0.460. The van der Waals surface area contributed by atoms with Crippen molar-refractivity contribution in [3.63, 3.8) is 0 Å². The average molecular weight is 129 g/mol. The van der Waals surface area contributed by atoms with Crippen molar-refractivity contribution in [2.45, 2.75) is 5.66 Å². The molecule has 2 nitrogen and oxygen atoms in total. The summed E-state index contributed by atoms with van der Waals surface area (Å²) in [6, 6.07) is 0. The van der Waals surface area contributed by atoms with Crippen LogP contribution in [0, 0.1) is 0 Å². The minimum atomic E-state index is -2.03. The van der Waals surface area contributed by atoms with E-state index in [0.717, 1.165) is 0 Å². The molecule has 1 aliphatic rings. The predicted molar refractivity (Wildman–Crippen MR) is 31.9 cm³/mol. The molecule has 1 N–H and O–H groups in total. The van der Waals surface area contributed by atoms with Crippen molar-refractivity contribution in [3.8, 4) is 0 Å². The van der Waals surface area contributed by atoms with Gasteiger partial charge in [0.25, 0.3) is 0 Å². The Kier molecular flexibility index (Phi) is 1.56. The Labute approximate surface area is 48.4 Å². The fourth-order valence-electron chi connectivity index (χ4n) is 0.567. The number of allylic oxidation sites excluding steroid dienone is 4. The summed E-state index contributed by atoms with van der Waals surface area (Å²) in [4.78, 5) is 8.46. The van der Waals surface area contributed by atoms with Crippen LogP contribution in [0.4, 0.5) is 0 Å². The van der Waals surface area contributed by atoms with Gasteiger partial charge in [-0.3, -0.25) is 0 Å². The monoisotopic (exact) mass is 129 g/mol. The molecule has 8 heavy (non-hydrogen) atoms. The van der Waals surface area contributed by atoms with Gasteiger partial charge in [-0.1, -0.05) is 12.2 Å². The molecule has 0 aromatic rings. The molecule has 0 radical (unpaired) electrons. The number of hydrogen-bond acceptors (Lipinski definition) is 1. The van der Waals surface area contributed by atoms with E-state index in [1.54, 1.807) is 24.3 Å². The first kappa shape index (κ1) is 5.67. The number of hydrogen-bond donors (Lipinski definition) is 1. The zero-order valence-corrected chi connectivity index (χ0v) is 5.08. The minimum Gasteiger partial charge on any atom is -0.160 e. The Bertz CT molecular complexity index is 148. The second-order valence-electron chi connectivity index (χ2n) is 1.56. The van der Waals surface area contributed by atoms with Crippen LogP contribution in [0.2, 0.25) is 0 Å². The van der Waals surface area contributed by atoms with Gasteiger partial charge in [-0.25, -0.2) is 0 Å². The second-order valence-corrected chi connectivity index (χ2v) is 2.76. The van der Waals surface area contributed by atoms with E-state index in [1.165, 1.54) is 0 Å². The normalized spacial score (nSPS) is 19.9. The quantitative estimate of drug-likeness (QED) is 0.540. The van der Waals surface area contributed by atoms with Gasteiger partial charge in [0.05, 0.1) is 0 Å². The lowest BCUT2D eigenvalue weighted by Gasteiger charge is -1.77. The number of rotatable bonds is 1. The Morgan fingerprint density at radius 1 is 1.38 bits per heavy atom. The van der Waals surface area contributed by atoms with E-state index in [-0.39, 0.29) is 5.66 Å². The Balaban J connectivity index is 2.62. The van der Waals surface area contributed by atoms with E-state index < -0.39 is 8.03 Å². The summed E-state index contributed by atoms with van der Waals surface area (Å²) >= 11 is 0. The molecule has 1 unspecified atom stereocenters. The lowest BCUT2D eigenvalue weighted by molar-refractivity contribution is 0.501. The molecular formula is C5H6O2P+. The first-order valence-corrected chi connectivity index (χ1v) is 3.59. The zero-order valence-electron chi connectivity index (χ0n) is 4.19. The lowest BCUT2D eigenvalue weighted by Crippen LogP contribution is -1.85. The van der Waals surface area contributed by atoms with Gasteiger partial charge in [0.1, 0.15) is 0 Å². The maximum atomic E-state index is 10.2. The van der Waals surface area contributed by atoms with Crippen LogP contribution in [0.1, 0.15) is 0 Å². The van der Waals surface area contributed by atoms with Gasteiger partial charge in [0.15, 0.2) is 0 Å². The molecule has 0 saturated carbocycles. The van der Waals surface area contributed by atoms with E-state index in [0.29, 0.717) is 0 Å². The highest BCUT2D eigenvalue weighted by atomic mass is 31.1. The van der Waals surface area contributed by atoms with E-state index in [2.05, 4.69) is 0 Å². The van der Waals surface area contributed by atoms with Crippen molar-refractivity contribution in [1.82, 2.24) is 0 Å². The van der Waals surface area contributed by atoms with Gasteiger partial charge in [0.2, 0.25) is 5.66 Å². The summed E-state index contributed by atoms with van der Waals surface area (Å²) < 4.78 is 10.2. The van der Waals surface area contributed by atoms with Crippen LogP contribution in [-0.4, -0.2) is 10.6 Å². The molecular weight excluding hydrogens is 123 g/mol. The maximum absolute atomic E-state index is 10.2. The van der Waals surface area contributed by atoms with Gasteiger partial charge < -0.3 is 0 Å². The van der Waals surface area contributed by atoms with Crippen molar-refractivity contribution in [3.05, 3.63) is 24.3 Å². The van der Waals surface area contributed by atoms with Crippen LogP contribution < -0.4 is 0 Å². The summed E-state index contributed by atoms with van der Waals surface area (Å²) in [5, 5.41) is 0. The maximum Gasteiger partial charge on any atom is 0.517 e. The van der Waals surface area contributed by atoms with Crippen LogP contribution >= 0.6 is 8.03 Å². The van der Waals surface area contributed by atoms with Crippen molar-refractivity contribution >= 4 is 8.03 Å². The van der Waals surface area contributed by atoms with Gasteiger partial charge in [0, 0.05) is 0 Å². The van der Waals surface area contributed by atoms with Crippen molar-refractivity contribution < 1.29 is 9.46 Å². The van der Waals surface area contributed by atoms with E-state index in [4.69, 9.17) is 4.89 Å². The molecule has 0 aromatic heterocycles. The van der Waals surface area contributed by atoms with Crippen LogP contribution in [0.15, 0.2) is 24.3 Å². The highest BCUT2D eigenvalue weighted by Crippen LogP contribution is 2.26. The Morgan fingerprint density at radius 2 is 1.88 bits per heavy atom. The fourth-order valence-corrected chi connectivity index (χ4v) is 1.06. The third-order valence-electron chi connectivity index (χ3n) is 0.983. The van der Waals surface area contributed by atoms with E-state index in [1.807, 2.05) is 0 Å². The average Bonchev–Trinajstić information content (AvgIpc) is 2.12. The van der Waals surface area contributed by atoms with Gasteiger partial charge in [-0.2, -0.15) is 4.89 Å². The molecule has 42 valence electrons. The summed E-state index contributed by atoms with van der Waals surface area (Å²) in [7, 11) is -2.03. The van der Waals surface area contributed by atoms with E-state index >= 15 is 0 Å². The van der Waals surface area contributed by atoms with Crippen LogP contribution in [0.5, 0.6) is 0 Å². The molecule has 0 heterocycles. The molecule has 0 bridgehead atoms. The molecule has 0 aromatic carbocycles. The standard InChI is InChI=1S/C5H5O2P/c6-8(7)5-3-1-2-4-5/h1-5H/p+1. The topological polar surface area (TPSA) is 37.3 Å². The second kappa shape index (κ2) is 2.21. The van der Waals surface area contributed by atoms with Gasteiger partial charge in [-0.05, 0) is 16.7 Å². The molecule has 1 rings (SSSR count). The molecule has 0 spiro atoms.